The van der Waals surface area contributed by atoms with Crippen molar-refractivity contribution >= 4 is 7.82 Å². The van der Waals surface area contributed by atoms with E-state index in [0.29, 0.717) is 36.8 Å². The van der Waals surface area contributed by atoms with Crippen LogP contribution in [0.2, 0.25) is 0 Å². The van der Waals surface area contributed by atoms with E-state index in [0.717, 1.165) is 25.7 Å². The number of hydrogen-bond acceptors (Lipinski definition) is 7. The maximum Gasteiger partial charge on any atom is 0.269 e. The average Bonchev–Trinajstić information content (AvgIpc) is 3.08. The molecule has 0 amide bonds. The van der Waals surface area contributed by atoms with Crippen molar-refractivity contribution in [3.63, 3.8) is 0 Å². The van der Waals surface area contributed by atoms with E-state index in [1.165, 1.54) is 0 Å². The van der Waals surface area contributed by atoms with Crippen LogP contribution in [0.15, 0.2) is 18.2 Å². The van der Waals surface area contributed by atoms with Crippen molar-refractivity contribution < 1.29 is 42.7 Å². The smallest absolute Gasteiger partial charge is 0.269 e. The number of benzene rings is 1. The second-order valence-electron chi connectivity index (χ2n) is 7.82. The summed E-state index contributed by atoms with van der Waals surface area (Å²) in [5.41, 5.74) is 0. The summed E-state index contributed by atoms with van der Waals surface area (Å²) in [6.45, 7) is 0.735. The molecule has 164 valence electrons. The maximum atomic E-state index is 11.2. The van der Waals surface area contributed by atoms with Crippen LogP contribution >= 0.6 is 7.82 Å². The lowest BCUT2D eigenvalue weighted by Crippen LogP contribution is -2.61. The van der Waals surface area contributed by atoms with Crippen LogP contribution in [-0.2, 0) is 9.09 Å². The minimum atomic E-state index is -4.86. The Morgan fingerprint density at radius 1 is 1.17 bits per heavy atom. The van der Waals surface area contributed by atoms with Crippen LogP contribution in [0.4, 0.5) is 0 Å². The average molecular weight is 431 g/mol. The minimum Gasteiger partial charge on any atom is -0.756 e. The first-order valence-corrected chi connectivity index (χ1v) is 11.4. The van der Waals surface area contributed by atoms with E-state index in [2.05, 4.69) is 0 Å². The van der Waals surface area contributed by atoms with E-state index in [-0.39, 0.29) is 23.4 Å². The number of nitrogens with zero attached hydrogens (tertiary/aromatic N) is 1. The molecule has 29 heavy (non-hydrogen) atoms. The third kappa shape index (κ3) is 5.42. The molecule has 1 aliphatic carbocycles. The van der Waals surface area contributed by atoms with Crippen LogP contribution in [0.25, 0.3) is 0 Å². The lowest BCUT2D eigenvalue weighted by Gasteiger charge is -2.46. The van der Waals surface area contributed by atoms with Gasteiger partial charge in [0.2, 0.25) is 0 Å². The highest BCUT2D eigenvalue weighted by Gasteiger charge is 2.49. The molecule has 0 aromatic heterocycles. The summed E-state index contributed by atoms with van der Waals surface area (Å²) in [5, 5.41) is 10.2. The number of aliphatic hydroxyl groups excluding tert-OH is 1. The normalized spacial score (nSPS) is 31.8. The topological polar surface area (TPSA) is 118 Å². The summed E-state index contributed by atoms with van der Waals surface area (Å²) < 4.78 is 33.2. The molecular weight excluding hydrogens is 401 g/mol. The SMILES string of the molecule is COc1ccc(O[C@@H]2CCCC[C@@H]2[N@@+]2(COP(=O)([O-])O)CC[C@@H](O)C2)cc1OC. The standard InChI is InChI=1S/C19H30NO8P/c1-25-18-8-7-15(11-19(18)26-2)28-17-6-4-3-5-16(17)20(10-9-14(21)12-20)13-27-29(22,23)24/h7-8,11,14,16-17,21H,3-6,9-10,12-13H2,1-2H3,(H-,22,23,24)/t14-,16+,17-,20+/m1/s1. The Bertz CT molecular complexity index is 741. The molecule has 1 saturated carbocycles. The molecule has 2 aliphatic rings. The zero-order valence-corrected chi connectivity index (χ0v) is 17.8. The molecule has 1 aromatic carbocycles. The van der Waals surface area contributed by atoms with Gasteiger partial charge in [0.05, 0.1) is 20.8 Å². The van der Waals surface area contributed by atoms with Gasteiger partial charge in [-0.3, -0.25) is 13.6 Å². The van der Waals surface area contributed by atoms with E-state index >= 15 is 0 Å². The Morgan fingerprint density at radius 2 is 1.90 bits per heavy atom. The Morgan fingerprint density at radius 3 is 2.52 bits per heavy atom. The number of rotatable bonds is 8. The molecular formula is C19H30NO8P. The number of phosphoric ester groups is 1. The van der Waals surface area contributed by atoms with Gasteiger partial charge in [0.1, 0.15) is 24.4 Å². The summed E-state index contributed by atoms with van der Waals surface area (Å²) in [6, 6.07) is 5.30. The quantitative estimate of drug-likeness (QED) is 0.469. The molecule has 1 saturated heterocycles. The van der Waals surface area contributed by atoms with Gasteiger partial charge in [-0.2, -0.15) is 0 Å². The second-order valence-corrected chi connectivity index (χ2v) is 9.01. The predicted octanol–water partition coefficient (Wildman–Crippen LogP) is 1.41. The summed E-state index contributed by atoms with van der Waals surface area (Å²) in [7, 11) is -1.73. The van der Waals surface area contributed by atoms with E-state index in [1.807, 2.05) is 6.07 Å². The number of ether oxygens (including phenoxy) is 3. The Hall–Kier alpha value is -1.35. The molecule has 1 heterocycles. The molecule has 0 radical (unpaired) electrons. The van der Waals surface area contributed by atoms with Gasteiger partial charge in [-0.1, -0.05) is 0 Å². The monoisotopic (exact) mass is 431 g/mol. The number of methoxy groups -OCH3 is 2. The molecule has 0 spiro atoms. The number of aliphatic hydroxyl groups is 1. The Balaban J connectivity index is 1.82. The van der Waals surface area contributed by atoms with Crippen molar-refractivity contribution in [1.82, 2.24) is 0 Å². The third-order valence-electron chi connectivity index (χ3n) is 5.97. The lowest BCUT2D eigenvalue weighted by molar-refractivity contribution is -0.959. The van der Waals surface area contributed by atoms with Crippen molar-refractivity contribution in [1.29, 1.82) is 0 Å². The first-order chi connectivity index (χ1) is 13.8. The number of quaternary nitrogens is 1. The van der Waals surface area contributed by atoms with Crippen molar-refractivity contribution in [3.05, 3.63) is 18.2 Å². The van der Waals surface area contributed by atoms with Crippen LogP contribution in [0.3, 0.4) is 0 Å². The summed E-state index contributed by atoms with van der Waals surface area (Å²) in [6.07, 6.45) is 3.45. The van der Waals surface area contributed by atoms with Crippen molar-refractivity contribution in [2.75, 3.05) is 34.0 Å². The molecule has 9 nitrogen and oxygen atoms in total. The lowest BCUT2D eigenvalue weighted by atomic mass is 9.89. The fourth-order valence-electron chi connectivity index (χ4n) is 4.62. The van der Waals surface area contributed by atoms with Gasteiger partial charge in [0, 0.05) is 18.9 Å². The zero-order chi connectivity index (χ0) is 21.1. The van der Waals surface area contributed by atoms with Crippen LogP contribution in [0, 0.1) is 0 Å². The fraction of sp³-hybridized carbons (Fsp3) is 0.684. The van der Waals surface area contributed by atoms with Crippen molar-refractivity contribution in [2.45, 2.75) is 50.4 Å². The number of likely N-dealkylation sites (tertiary alicyclic amines) is 1. The molecule has 3 rings (SSSR count). The summed E-state index contributed by atoms with van der Waals surface area (Å²) in [5.74, 6) is 1.80. The van der Waals surface area contributed by atoms with Gasteiger partial charge in [-0.15, -0.1) is 0 Å². The van der Waals surface area contributed by atoms with Gasteiger partial charge in [-0.25, -0.2) is 0 Å². The summed E-state index contributed by atoms with van der Waals surface area (Å²) in [4.78, 5) is 20.3. The largest absolute Gasteiger partial charge is 0.756 e. The minimum absolute atomic E-state index is 0.0550. The molecule has 1 aromatic rings. The van der Waals surface area contributed by atoms with Crippen molar-refractivity contribution in [3.8, 4) is 17.2 Å². The van der Waals surface area contributed by atoms with Gasteiger partial charge < -0.3 is 29.1 Å². The van der Waals surface area contributed by atoms with Crippen LogP contribution < -0.4 is 19.1 Å². The van der Waals surface area contributed by atoms with Crippen molar-refractivity contribution in [2.24, 2.45) is 0 Å². The highest BCUT2D eigenvalue weighted by molar-refractivity contribution is 7.44. The molecule has 1 aliphatic heterocycles. The molecule has 5 atom stereocenters. The van der Waals surface area contributed by atoms with Gasteiger partial charge in [0.25, 0.3) is 7.82 Å². The van der Waals surface area contributed by atoms with Gasteiger partial charge in [0.15, 0.2) is 24.3 Å². The molecule has 2 fully saturated rings. The van der Waals surface area contributed by atoms with Crippen LogP contribution in [-0.4, -0.2) is 66.8 Å². The molecule has 10 heteroatoms. The van der Waals surface area contributed by atoms with E-state index in [1.54, 1.807) is 26.4 Å². The third-order valence-corrected chi connectivity index (χ3v) is 6.42. The van der Waals surface area contributed by atoms with Gasteiger partial charge >= 0.3 is 0 Å². The fourth-order valence-corrected chi connectivity index (χ4v) is 4.99. The van der Waals surface area contributed by atoms with Crippen LogP contribution in [0.1, 0.15) is 32.1 Å². The Labute approximate surface area is 171 Å². The highest BCUT2D eigenvalue weighted by atomic mass is 31.2. The zero-order valence-electron chi connectivity index (χ0n) is 16.9. The second kappa shape index (κ2) is 9.20. The molecule has 1 unspecified atom stereocenters. The first-order valence-electron chi connectivity index (χ1n) is 9.87. The molecule has 2 N–H and O–H groups in total. The number of phosphoric acid groups is 1. The number of hydrogen-bond donors (Lipinski definition) is 2. The maximum absolute atomic E-state index is 11.2. The van der Waals surface area contributed by atoms with E-state index in [9.17, 15) is 14.6 Å². The van der Waals surface area contributed by atoms with E-state index < -0.39 is 13.9 Å². The molecule has 0 bridgehead atoms. The van der Waals surface area contributed by atoms with Gasteiger partial charge in [-0.05, 0) is 31.4 Å². The van der Waals surface area contributed by atoms with E-state index in [4.69, 9.17) is 23.6 Å². The highest BCUT2D eigenvalue weighted by Crippen LogP contribution is 2.40. The Kier molecular flexibility index (Phi) is 7.09. The first kappa shape index (κ1) is 22.3. The predicted molar refractivity (Wildman–Crippen MR) is 103 cm³/mol. The van der Waals surface area contributed by atoms with Crippen LogP contribution in [0.5, 0.6) is 17.2 Å². The summed E-state index contributed by atoms with van der Waals surface area (Å²) >= 11 is 0.